The first-order chi connectivity index (χ1) is 10.1. The molecule has 4 heteroatoms. The summed E-state index contributed by atoms with van der Waals surface area (Å²) < 4.78 is 5.34. The van der Waals surface area contributed by atoms with Crippen molar-refractivity contribution in [3.05, 3.63) is 83.9 Å². The summed E-state index contributed by atoms with van der Waals surface area (Å²) in [4.78, 5) is 23.3. The van der Waals surface area contributed by atoms with Gasteiger partial charge in [-0.1, -0.05) is 49.0 Å². The lowest BCUT2D eigenvalue weighted by atomic mass is 10.1. The van der Waals surface area contributed by atoms with Gasteiger partial charge in [0.15, 0.2) is 0 Å². The molecule has 0 radical (unpaired) electrons. The van der Waals surface area contributed by atoms with E-state index < -0.39 is 18.0 Å². The molecule has 0 spiro atoms. The van der Waals surface area contributed by atoms with E-state index in [9.17, 15) is 9.59 Å². The van der Waals surface area contributed by atoms with Crippen molar-refractivity contribution in [2.75, 3.05) is 0 Å². The van der Waals surface area contributed by atoms with Crippen molar-refractivity contribution < 1.29 is 19.4 Å². The number of benzene rings is 2. The number of hydrogen-bond acceptors (Lipinski definition) is 3. The van der Waals surface area contributed by atoms with Crippen LogP contribution in [0.5, 0.6) is 0 Å². The third kappa shape index (κ3) is 3.36. The zero-order chi connectivity index (χ0) is 15.2. The Balaban J connectivity index is 2.25. The number of carbonyl (C=O) groups excluding carboxylic acids is 1. The monoisotopic (exact) mass is 282 g/mol. The van der Waals surface area contributed by atoms with Crippen molar-refractivity contribution >= 4 is 11.9 Å². The van der Waals surface area contributed by atoms with Crippen LogP contribution >= 0.6 is 0 Å². The van der Waals surface area contributed by atoms with Gasteiger partial charge in [0, 0.05) is 0 Å². The molecule has 2 rings (SSSR count). The molecular weight excluding hydrogens is 268 g/mol. The molecule has 2 aromatic carbocycles. The van der Waals surface area contributed by atoms with Gasteiger partial charge in [-0.25, -0.2) is 9.59 Å². The average Bonchev–Trinajstić information content (AvgIpc) is 2.53. The molecule has 106 valence electrons. The topological polar surface area (TPSA) is 63.6 Å². The number of carboxylic acids is 1. The fourth-order valence-corrected chi connectivity index (χ4v) is 1.92. The maximum Gasteiger partial charge on any atom is 0.339 e. The van der Waals surface area contributed by atoms with Crippen molar-refractivity contribution in [1.29, 1.82) is 0 Å². The summed E-state index contributed by atoms with van der Waals surface area (Å²) in [5.41, 5.74) is 0.708. The van der Waals surface area contributed by atoms with E-state index in [0.717, 1.165) is 5.56 Å². The van der Waals surface area contributed by atoms with Gasteiger partial charge in [0.05, 0.1) is 11.1 Å². The van der Waals surface area contributed by atoms with Crippen LogP contribution in [0.1, 0.15) is 32.4 Å². The predicted molar refractivity (Wildman–Crippen MR) is 78.2 cm³/mol. The summed E-state index contributed by atoms with van der Waals surface area (Å²) in [5, 5.41) is 9.09. The fourth-order valence-electron chi connectivity index (χ4n) is 1.92. The normalized spacial score (nSPS) is 11.4. The van der Waals surface area contributed by atoms with Crippen LogP contribution in [0, 0.1) is 0 Å². The summed E-state index contributed by atoms with van der Waals surface area (Å²) in [6, 6.07) is 15.1. The second-order valence-corrected chi connectivity index (χ2v) is 4.32. The predicted octanol–water partition coefficient (Wildman–Crippen LogP) is 3.47. The van der Waals surface area contributed by atoms with Gasteiger partial charge in [-0.15, -0.1) is 0 Å². The number of aromatic carboxylic acids is 1. The standard InChI is InChI=1S/C17H14O4/c1-2-15(12-8-4-3-5-9-12)21-17(20)14-11-7-6-10-13(14)16(18)19/h2-11,15H,1H2,(H,18,19). The van der Waals surface area contributed by atoms with Gasteiger partial charge in [-0.2, -0.15) is 0 Å². The molecule has 0 aromatic heterocycles. The van der Waals surface area contributed by atoms with Crippen LogP contribution in [0.3, 0.4) is 0 Å². The van der Waals surface area contributed by atoms with E-state index >= 15 is 0 Å². The molecule has 2 aromatic rings. The van der Waals surface area contributed by atoms with E-state index in [1.54, 1.807) is 12.1 Å². The molecule has 1 unspecified atom stereocenters. The van der Waals surface area contributed by atoms with E-state index in [4.69, 9.17) is 9.84 Å². The van der Waals surface area contributed by atoms with Crippen molar-refractivity contribution in [2.45, 2.75) is 6.10 Å². The second-order valence-electron chi connectivity index (χ2n) is 4.32. The molecule has 4 nitrogen and oxygen atoms in total. The summed E-state index contributed by atoms with van der Waals surface area (Å²) >= 11 is 0. The van der Waals surface area contributed by atoms with Crippen molar-refractivity contribution in [3.63, 3.8) is 0 Å². The van der Waals surface area contributed by atoms with E-state index in [2.05, 4.69) is 6.58 Å². The van der Waals surface area contributed by atoms with Crippen LogP contribution in [-0.2, 0) is 4.74 Å². The first-order valence-corrected chi connectivity index (χ1v) is 6.34. The highest BCUT2D eigenvalue weighted by atomic mass is 16.5. The van der Waals surface area contributed by atoms with Crippen LogP contribution in [0.2, 0.25) is 0 Å². The molecule has 1 atom stereocenters. The van der Waals surface area contributed by atoms with Crippen molar-refractivity contribution in [3.8, 4) is 0 Å². The number of ether oxygens (including phenoxy) is 1. The van der Waals surface area contributed by atoms with Gasteiger partial charge in [0.2, 0.25) is 0 Å². The fraction of sp³-hybridized carbons (Fsp3) is 0.0588. The lowest BCUT2D eigenvalue weighted by molar-refractivity contribution is 0.0385. The van der Waals surface area contributed by atoms with Crippen LogP contribution in [0.4, 0.5) is 0 Å². The Morgan fingerprint density at radius 1 is 1.00 bits per heavy atom. The minimum absolute atomic E-state index is 0.0211. The molecule has 0 aliphatic heterocycles. The van der Waals surface area contributed by atoms with Gasteiger partial charge >= 0.3 is 11.9 Å². The molecule has 0 fully saturated rings. The molecule has 0 aliphatic rings. The average molecular weight is 282 g/mol. The molecule has 0 aliphatic carbocycles. The van der Waals surface area contributed by atoms with Gasteiger partial charge in [-0.05, 0) is 23.8 Å². The third-order valence-electron chi connectivity index (χ3n) is 2.95. The molecular formula is C17H14O4. The van der Waals surface area contributed by atoms with Gasteiger partial charge in [0.25, 0.3) is 0 Å². The SMILES string of the molecule is C=CC(OC(=O)c1ccccc1C(=O)O)c1ccccc1. The smallest absolute Gasteiger partial charge is 0.339 e. The number of carbonyl (C=O) groups is 2. The van der Waals surface area contributed by atoms with E-state index in [-0.39, 0.29) is 11.1 Å². The lowest BCUT2D eigenvalue weighted by Crippen LogP contribution is -2.14. The molecule has 0 saturated heterocycles. The summed E-state index contributed by atoms with van der Waals surface area (Å²) in [6.07, 6.45) is 0.872. The van der Waals surface area contributed by atoms with E-state index in [1.165, 1.54) is 18.2 Å². The second kappa shape index (κ2) is 6.52. The molecule has 0 heterocycles. The van der Waals surface area contributed by atoms with Gasteiger partial charge in [-0.3, -0.25) is 0 Å². The number of esters is 1. The molecule has 1 N–H and O–H groups in total. The van der Waals surface area contributed by atoms with Crippen LogP contribution in [0.25, 0.3) is 0 Å². The van der Waals surface area contributed by atoms with Crippen LogP contribution in [-0.4, -0.2) is 17.0 Å². The highest BCUT2D eigenvalue weighted by molar-refractivity contribution is 6.02. The van der Waals surface area contributed by atoms with Crippen LogP contribution in [0.15, 0.2) is 67.3 Å². The summed E-state index contributed by atoms with van der Waals surface area (Å²) in [6.45, 7) is 3.65. The summed E-state index contributed by atoms with van der Waals surface area (Å²) in [7, 11) is 0. The van der Waals surface area contributed by atoms with E-state index in [1.807, 2.05) is 30.3 Å². The largest absolute Gasteiger partial charge is 0.478 e. The highest BCUT2D eigenvalue weighted by Crippen LogP contribution is 2.21. The van der Waals surface area contributed by atoms with Gasteiger partial charge in [0.1, 0.15) is 6.10 Å². The molecule has 21 heavy (non-hydrogen) atoms. The zero-order valence-electron chi connectivity index (χ0n) is 11.2. The lowest BCUT2D eigenvalue weighted by Gasteiger charge is -2.15. The Labute approximate surface area is 122 Å². The van der Waals surface area contributed by atoms with Gasteiger partial charge < -0.3 is 9.84 Å². The van der Waals surface area contributed by atoms with E-state index in [0.29, 0.717) is 0 Å². The van der Waals surface area contributed by atoms with Crippen molar-refractivity contribution in [1.82, 2.24) is 0 Å². The number of carboxylic acid groups (broad SMARTS) is 1. The van der Waals surface area contributed by atoms with Crippen LogP contribution < -0.4 is 0 Å². The minimum Gasteiger partial charge on any atom is -0.478 e. The molecule has 0 bridgehead atoms. The molecule has 0 saturated carbocycles. The quantitative estimate of drug-likeness (QED) is 0.673. The summed E-state index contributed by atoms with van der Waals surface area (Å²) in [5.74, 6) is -1.86. The zero-order valence-corrected chi connectivity index (χ0v) is 11.2. The maximum atomic E-state index is 12.2. The maximum absolute atomic E-state index is 12.2. The Hall–Kier alpha value is -2.88. The Bertz CT molecular complexity index is 662. The third-order valence-corrected chi connectivity index (χ3v) is 2.95. The van der Waals surface area contributed by atoms with Crippen molar-refractivity contribution in [2.24, 2.45) is 0 Å². The molecule has 0 amide bonds. The first-order valence-electron chi connectivity index (χ1n) is 6.34. The number of hydrogen-bond donors (Lipinski definition) is 1. The minimum atomic E-state index is -1.17. The Morgan fingerprint density at radius 2 is 1.57 bits per heavy atom. The Morgan fingerprint density at radius 3 is 2.14 bits per heavy atom. The number of rotatable bonds is 5. The Kier molecular flexibility index (Phi) is 4.51. The highest BCUT2D eigenvalue weighted by Gasteiger charge is 2.20. The first kappa shape index (κ1) is 14.5.